The average molecular weight is 406 g/mol. The van der Waals surface area contributed by atoms with Crippen LogP contribution in [0.2, 0.25) is 0 Å². The minimum absolute atomic E-state index is 0.0791. The molecule has 0 saturated carbocycles. The van der Waals surface area contributed by atoms with Crippen LogP contribution in [0.15, 0.2) is 32.0 Å². The van der Waals surface area contributed by atoms with Gasteiger partial charge in [0.1, 0.15) is 11.3 Å². The normalized spacial score (nSPS) is 12.1. The van der Waals surface area contributed by atoms with Crippen molar-refractivity contribution >= 4 is 27.0 Å². The van der Waals surface area contributed by atoms with E-state index in [0.717, 1.165) is 5.56 Å². The number of esters is 1. The van der Waals surface area contributed by atoms with Gasteiger partial charge < -0.3 is 13.7 Å². The lowest BCUT2D eigenvalue weighted by atomic mass is 10.1. The van der Waals surface area contributed by atoms with Crippen molar-refractivity contribution in [3.8, 4) is 0 Å². The summed E-state index contributed by atoms with van der Waals surface area (Å²) in [6.07, 6.45) is 0. The Labute approximate surface area is 163 Å². The summed E-state index contributed by atoms with van der Waals surface area (Å²) in [4.78, 5) is 12.1. The Morgan fingerprint density at radius 2 is 1.96 bits per heavy atom. The van der Waals surface area contributed by atoms with Crippen molar-refractivity contribution in [2.24, 2.45) is 0 Å². The highest BCUT2D eigenvalue weighted by molar-refractivity contribution is 7.89. The number of hydrogen-bond acceptors (Lipinski definition) is 7. The van der Waals surface area contributed by atoms with Crippen LogP contribution in [0.3, 0.4) is 0 Å². The number of carbonyl (C=O) groups is 1. The summed E-state index contributed by atoms with van der Waals surface area (Å²) >= 11 is 0. The monoisotopic (exact) mass is 406 g/mol. The minimum Gasteiger partial charge on any atom is -0.460 e. The number of hydrogen-bond donors (Lipinski definition) is 0. The molecule has 150 valence electrons. The molecule has 0 atom stereocenters. The molecule has 0 unspecified atom stereocenters. The Bertz CT molecular complexity index is 1120. The lowest BCUT2D eigenvalue weighted by Crippen LogP contribution is -2.26. The third-order valence-electron chi connectivity index (χ3n) is 4.64. The molecular formula is C19H22N2O6S. The number of aromatic nitrogens is 1. The predicted molar refractivity (Wildman–Crippen MR) is 102 cm³/mol. The van der Waals surface area contributed by atoms with Crippen molar-refractivity contribution in [1.29, 1.82) is 0 Å². The van der Waals surface area contributed by atoms with Gasteiger partial charge in [-0.25, -0.2) is 13.2 Å². The molecule has 0 aliphatic rings. The molecule has 2 aromatic heterocycles. The number of aryl methyl sites for hydroxylation is 3. The third-order valence-corrected chi connectivity index (χ3v) is 6.44. The number of nitrogens with zero attached hydrogens (tertiary/aromatic N) is 2. The zero-order valence-electron chi connectivity index (χ0n) is 16.4. The number of benzene rings is 1. The van der Waals surface area contributed by atoms with Gasteiger partial charge in [0.05, 0.1) is 17.2 Å². The van der Waals surface area contributed by atoms with Crippen LogP contribution in [0.4, 0.5) is 0 Å². The van der Waals surface area contributed by atoms with Gasteiger partial charge in [-0.05, 0) is 45.9 Å². The average Bonchev–Trinajstić information content (AvgIpc) is 3.15. The Morgan fingerprint density at radius 1 is 1.25 bits per heavy atom. The zero-order valence-corrected chi connectivity index (χ0v) is 17.2. The second-order valence-corrected chi connectivity index (χ2v) is 8.54. The maximum absolute atomic E-state index is 13.0. The van der Waals surface area contributed by atoms with Gasteiger partial charge in [-0.1, -0.05) is 5.16 Å². The van der Waals surface area contributed by atoms with E-state index in [0.29, 0.717) is 28.0 Å². The summed E-state index contributed by atoms with van der Waals surface area (Å²) in [7, 11) is -2.27. The third kappa shape index (κ3) is 3.43. The Morgan fingerprint density at radius 3 is 2.57 bits per heavy atom. The molecule has 0 spiro atoms. The fourth-order valence-electron chi connectivity index (χ4n) is 2.97. The van der Waals surface area contributed by atoms with Crippen molar-refractivity contribution in [2.45, 2.75) is 39.1 Å². The first-order chi connectivity index (χ1) is 13.2. The number of ether oxygens (including phenoxy) is 1. The number of sulfonamides is 1. The van der Waals surface area contributed by atoms with Crippen LogP contribution in [0.5, 0.6) is 0 Å². The largest absolute Gasteiger partial charge is 0.460 e. The molecule has 1 aromatic carbocycles. The molecule has 0 saturated heterocycles. The minimum atomic E-state index is -3.77. The van der Waals surface area contributed by atoms with Gasteiger partial charge in [0, 0.05) is 30.1 Å². The molecule has 0 N–H and O–H groups in total. The zero-order chi connectivity index (χ0) is 20.6. The van der Waals surface area contributed by atoms with E-state index in [1.807, 2.05) is 0 Å². The van der Waals surface area contributed by atoms with E-state index in [-0.39, 0.29) is 23.8 Å². The first-order valence-corrected chi connectivity index (χ1v) is 10.2. The quantitative estimate of drug-likeness (QED) is 0.578. The van der Waals surface area contributed by atoms with Crippen LogP contribution in [-0.2, 0) is 21.3 Å². The van der Waals surface area contributed by atoms with E-state index < -0.39 is 16.0 Å². The van der Waals surface area contributed by atoms with Gasteiger partial charge in [-0.3, -0.25) is 0 Å². The van der Waals surface area contributed by atoms with Crippen LogP contribution in [-0.4, -0.2) is 37.5 Å². The number of furan rings is 1. The van der Waals surface area contributed by atoms with Gasteiger partial charge in [0.15, 0.2) is 0 Å². The summed E-state index contributed by atoms with van der Waals surface area (Å²) in [6, 6.07) is 4.51. The van der Waals surface area contributed by atoms with Crippen LogP contribution in [0.1, 0.15) is 40.1 Å². The Hall–Kier alpha value is -2.65. The van der Waals surface area contributed by atoms with Crippen molar-refractivity contribution in [2.75, 3.05) is 13.7 Å². The molecule has 0 fully saturated rings. The molecule has 9 heteroatoms. The molecular weight excluding hydrogens is 384 g/mol. The van der Waals surface area contributed by atoms with E-state index in [4.69, 9.17) is 13.7 Å². The maximum atomic E-state index is 13.0. The van der Waals surface area contributed by atoms with E-state index in [1.165, 1.54) is 23.5 Å². The summed E-state index contributed by atoms with van der Waals surface area (Å²) < 4.78 is 42.9. The maximum Gasteiger partial charge on any atom is 0.374 e. The molecule has 3 aromatic rings. The Kier molecular flexibility index (Phi) is 5.31. The van der Waals surface area contributed by atoms with Gasteiger partial charge in [-0.15, -0.1) is 0 Å². The molecule has 0 amide bonds. The lowest BCUT2D eigenvalue weighted by Gasteiger charge is -2.17. The molecule has 2 heterocycles. The SMILES string of the molecule is CCOC(=O)c1oc2ccc(S(=O)(=O)N(C)Cc3c(C)noc3C)cc2c1C. The van der Waals surface area contributed by atoms with E-state index in [2.05, 4.69) is 5.16 Å². The standard InChI is InChI=1S/C19H22N2O6S/c1-6-25-19(22)18-11(2)15-9-14(7-8-17(15)26-18)28(23,24)21(5)10-16-12(3)20-27-13(16)4/h7-9H,6,10H2,1-5H3. The summed E-state index contributed by atoms with van der Waals surface area (Å²) in [5.41, 5.74) is 2.35. The van der Waals surface area contributed by atoms with Crippen LogP contribution >= 0.6 is 0 Å². The summed E-state index contributed by atoms with van der Waals surface area (Å²) in [5.74, 6) is 0.0892. The highest BCUT2D eigenvalue weighted by Crippen LogP contribution is 2.29. The fraction of sp³-hybridized carbons (Fsp3) is 0.368. The molecule has 28 heavy (non-hydrogen) atoms. The predicted octanol–water partition coefficient (Wildman–Crippen LogP) is 3.34. The van der Waals surface area contributed by atoms with Gasteiger partial charge >= 0.3 is 5.97 Å². The molecule has 8 nitrogen and oxygen atoms in total. The van der Waals surface area contributed by atoms with Gasteiger partial charge in [-0.2, -0.15) is 4.31 Å². The molecule has 3 rings (SSSR count). The Balaban J connectivity index is 1.97. The van der Waals surface area contributed by atoms with Crippen molar-refractivity contribution < 1.29 is 26.9 Å². The highest BCUT2D eigenvalue weighted by Gasteiger charge is 2.26. The molecule has 0 aliphatic carbocycles. The smallest absolute Gasteiger partial charge is 0.374 e. The second kappa shape index (κ2) is 7.40. The number of rotatable bonds is 6. The second-order valence-electron chi connectivity index (χ2n) is 6.50. The van der Waals surface area contributed by atoms with Crippen LogP contribution in [0, 0.1) is 20.8 Å². The van der Waals surface area contributed by atoms with E-state index in [9.17, 15) is 13.2 Å². The van der Waals surface area contributed by atoms with Crippen molar-refractivity contribution in [3.63, 3.8) is 0 Å². The summed E-state index contributed by atoms with van der Waals surface area (Å²) in [5, 5.41) is 4.41. The van der Waals surface area contributed by atoms with Gasteiger partial charge in [0.2, 0.25) is 15.8 Å². The topological polar surface area (TPSA) is 103 Å². The van der Waals surface area contributed by atoms with E-state index in [1.54, 1.807) is 33.8 Å². The van der Waals surface area contributed by atoms with Crippen LogP contribution < -0.4 is 0 Å². The lowest BCUT2D eigenvalue weighted by molar-refractivity contribution is 0.0491. The number of fused-ring (bicyclic) bond motifs is 1. The first kappa shape index (κ1) is 20.1. The molecule has 0 aliphatic heterocycles. The highest BCUT2D eigenvalue weighted by atomic mass is 32.2. The molecule has 0 bridgehead atoms. The summed E-state index contributed by atoms with van der Waals surface area (Å²) in [6.45, 7) is 7.27. The van der Waals surface area contributed by atoms with Crippen molar-refractivity contribution in [1.82, 2.24) is 9.46 Å². The van der Waals surface area contributed by atoms with Crippen molar-refractivity contribution in [3.05, 3.63) is 46.5 Å². The number of carbonyl (C=O) groups excluding carboxylic acids is 1. The van der Waals surface area contributed by atoms with Crippen LogP contribution in [0.25, 0.3) is 11.0 Å². The van der Waals surface area contributed by atoms with Gasteiger partial charge in [0.25, 0.3) is 0 Å². The first-order valence-electron chi connectivity index (χ1n) is 8.75. The molecule has 0 radical (unpaired) electrons. The van der Waals surface area contributed by atoms with E-state index >= 15 is 0 Å². The fourth-order valence-corrected chi connectivity index (χ4v) is 4.13.